The quantitative estimate of drug-likeness (QED) is 0.771. The van der Waals surface area contributed by atoms with Crippen molar-refractivity contribution in [3.8, 4) is 0 Å². The van der Waals surface area contributed by atoms with Crippen LogP contribution in [-0.4, -0.2) is 15.7 Å². The lowest BCUT2D eigenvalue weighted by atomic mass is 9.91. The maximum absolute atomic E-state index is 11.6. The Bertz CT molecular complexity index is 396. The number of nitrogens with zero attached hydrogens (tertiary/aromatic N) is 2. The van der Waals surface area contributed by atoms with E-state index in [1.54, 1.807) is 0 Å². The van der Waals surface area contributed by atoms with Gasteiger partial charge in [-0.1, -0.05) is 26.2 Å². The molecule has 96 valence electrons. The molecule has 1 rings (SSSR count). The Labute approximate surface area is 103 Å². The van der Waals surface area contributed by atoms with Crippen molar-refractivity contribution in [2.24, 2.45) is 12.8 Å². The van der Waals surface area contributed by atoms with Gasteiger partial charge in [-0.2, -0.15) is 5.10 Å². The molecule has 0 aliphatic heterocycles. The molecule has 0 bridgehead atoms. The van der Waals surface area contributed by atoms with E-state index in [9.17, 15) is 4.79 Å². The molecule has 0 aliphatic rings. The minimum atomic E-state index is -0.236. The molecule has 4 heteroatoms. The summed E-state index contributed by atoms with van der Waals surface area (Å²) >= 11 is 0. The van der Waals surface area contributed by atoms with Gasteiger partial charge in [-0.25, -0.2) is 0 Å². The number of aromatic nitrogens is 2. The highest BCUT2D eigenvalue weighted by Crippen LogP contribution is 2.27. The van der Waals surface area contributed by atoms with Gasteiger partial charge in [0.2, 0.25) is 5.91 Å². The molecule has 1 unspecified atom stereocenters. The number of hydrogen-bond acceptors (Lipinski definition) is 2. The van der Waals surface area contributed by atoms with Crippen LogP contribution in [0.15, 0.2) is 0 Å². The minimum absolute atomic E-state index is 0.185. The first-order valence-electron chi connectivity index (χ1n) is 6.28. The molecule has 0 aromatic carbocycles. The van der Waals surface area contributed by atoms with Gasteiger partial charge in [0.15, 0.2) is 0 Å². The van der Waals surface area contributed by atoms with E-state index in [-0.39, 0.29) is 11.8 Å². The number of rotatable bonds is 6. The molecule has 1 heterocycles. The molecule has 0 spiro atoms. The molecule has 1 aromatic rings. The fraction of sp³-hybridized carbons (Fsp3) is 0.692. The average Bonchev–Trinajstić information content (AvgIpc) is 2.49. The predicted molar refractivity (Wildman–Crippen MR) is 68.8 cm³/mol. The third kappa shape index (κ3) is 3.08. The number of amides is 1. The Morgan fingerprint density at radius 1 is 1.41 bits per heavy atom. The third-order valence-corrected chi connectivity index (χ3v) is 3.35. The standard InChI is InChI=1S/C13H23N3O/c1-5-6-7-8-11(13(14)17)12-9(2)15-16(4)10(12)3/h11H,5-8H2,1-4H3,(H2,14,17). The van der Waals surface area contributed by atoms with Gasteiger partial charge in [0, 0.05) is 18.3 Å². The van der Waals surface area contributed by atoms with Crippen molar-refractivity contribution < 1.29 is 4.79 Å². The second kappa shape index (κ2) is 5.84. The molecule has 1 amide bonds. The van der Waals surface area contributed by atoms with Gasteiger partial charge in [-0.05, 0) is 20.3 Å². The fourth-order valence-electron chi connectivity index (χ4n) is 2.32. The maximum atomic E-state index is 11.6. The Hall–Kier alpha value is -1.32. The molecule has 4 nitrogen and oxygen atoms in total. The maximum Gasteiger partial charge on any atom is 0.225 e. The van der Waals surface area contributed by atoms with E-state index in [0.717, 1.165) is 42.6 Å². The van der Waals surface area contributed by atoms with Crippen molar-refractivity contribution >= 4 is 5.91 Å². The smallest absolute Gasteiger partial charge is 0.225 e. The lowest BCUT2D eigenvalue weighted by Crippen LogP contribution is -2.22. The summed E-state index contributed by atoms with van der Waals surface area (Å²) in [5.74, 6) is -0.421. The van der Waals surface area contributed by atoms with E-state index in [0.29, 0.717) is 0 Å². The third-order valence-electron chi connectivity index (χ3n) is 3.35. The Morgan fingerprint density at radius 2 is 2.06 bits per heavy atom. The number of nitrogens with two attached hydrogens (primary N) is 1. The monoisotopic (exact) mass is 237 g/mol. The summed E-state index contributed by atoms with van der Waals surface area (Å²) in [4.78, 5) is 11.6. The molecule has 2 N–H and O–H groups in total. The summed E-state index contributed by atoms with van der Waals surface area (Å²) in [6.45, 7) is 6.09. The average molecular weight is 237 g/mol. The van der Waals surface area contributed by atoms with Gasteiger partial charge in [-0.15, -0.1) is 0 Å². The van der Waals surface area contributed by atoms with Crippen molar-refractivity contribution in [1.82, 2.24) is 9.78 Å². The Morgan fingerprint density at radius 3 is 2.47 bits per heavy atom. The van der Waals surface area contributed by atoms with Crippen LogP contribution in [0.25, 0.3) is 0 Å². The van der Waals surface area contributed by atoms with Crippen LogP contribution < -0.4 is 5.73 Å². The van der Waals surface area contributed by atoms with Crippen LogP contribution in [0.4, 0.5) is 0 Å². The number of primary amides is 1. The summed E-state index contributed by atoms with van der Waals surface area (Å²) in [5, 5.41) is 4.35. The summed E-state index contributed by atoms with van der Waals surface area (Å²) in [6, 6.07) is 0. The molecule has 0 saturated carbocycles. The van der Waals surface area contributed by atoms with E-state index in [2.05, 4.69) is 12.0 Å². The zero-order chi connectivity index (χ0) is 13.0. The van der Waals surface area contributed by atoms with Crippen LogP contribution in [0, 0.1) is 13.8 Å². The van der Waals surface area contributed by atoms with Gasteiger partial charge < -0.3 is 5.73 Å². The van der Waals surface area contributed by atoms with E-state index < -0.39 is 0 Å². The molecule has 1 atom stereocenters. The van der Waals surface area contributed by atoms with E-state index >= 15 is 0 Å². The summed E-state index contributed by atoms with van der Waals surface area (Å²) < 4.78 is 1.82. The van der Waals surface area contributed by atoms with Crippen molar-refractivity contribution in [3.05, 3.63) is 17.0 Å². The largest absolute Gasteiger partial charge is 0.369 e. The number of carbonyl (C=O) groups excluding carboxylic acids is 1. The number of hydrogen-bond donors (Lipinski definition) is 1. The van der Waals surface area contributed by atoms with Crippen LogP contribution in [-0.2, 0) is 11.8 Å². The van der Waals surface area contributed by atoms with Gasteiger partial charge in [0.05, 0.1) is 11.6 Å². The van der Waals surface area contributed by atoms with Crippen LogP contribution in [0.2, 0.25) is 0 Å². The highest BCUT2D eigenvalue weighted by atomic mass is 16.1. The molecule has 0 aliphatic carbocycles. The van der Waals surface area contributed by atoms with Gasteiger partial charge in [0.25, 0.3) is 0 Å². The van der Waals surface area contributed by atoms with Crippen LogP contribution in [0.3, 0.4) is 0 Å². The molecule has 0 radical (unpaired) electrons. The SMILES string of the molecule is CCCCCC(C(N)=O)c1c(C)nn(C)c1C. The fourth-order valence-corrected chi connectivity index (χ4v) is 2.32. The first-order chi connectivity index (χ1) is 7.99. The molecule has 17 heavy (non-hydrogen) atoms. The van der Waals surface area contributed by atoms with Crippen LogP contribution >= 0.6 is 0 Å². The second-order valence-corrected chi connectivity index (χ2v) is 4.66. The van der Waals surface area contributed by atoms with Crippen molar-refractivity contribution in [2.75, 3.05) is 0 Å². The minimum Gasteiger partial charge on any atom is -0.369 e. The second-order valence-electron chi connectivity index (χ2n) is 4.66. The number of aryl methyl sites for hydroxylation is 2. The van der Waals surface area contributed by atoms with E-state index in [1.807, 2.05) is 25.6 Å². The zero-order valence-electron chi connectivity index (χ0n) is 11.3. The predicted octanol–water partition coefficient (Wildman–Crippen LogP) is 2.19. The first-order valence-corrected chi connectivity index (χ1v) is 6.28. The van der Waals surface area contributed by atoms with Gasteiger partial charge in [0.1, 0.15) is 0 Å². The zero-order valence-corrected chi connectivity index (χ0v) is 11.3. The first kappa shape index (κ1) is 13.7. The normalized spacial score (nSPS) is 12.7. The highest BCUT2D eigenvalue weighted by Gasteiger charge is 2.24. The van der Waals surface area contributed by atoms with Gasteiger partial charge in [-0.3, -0.25) is 9.48 Å². The molecule has 0 fully saturated rings. The Kier molecular flexibility index (Phi) is 4.73. The number of carbonyl (C=O) groups is 1. The molecule has 1 aromatic heterocycles. The van der Waals surface area contributed by atoms with Gasteiger partial charge >= 0.3 is 0 Å². The van der Waals surface area contributed by atoms with Crippen molar-refractivity contribution in [2.45, 2.75) is 52.4 Å². The topological polar surface area (TPSA) is 60.9 Å². The Balaban J connectivity index is 2.93. The highest BCUT2D eigenvalue weighted by molar-refractivity contribution is 5.82. The van der Waals surface area contributed by atoms with E-state index in [1.165, 1.54) is 0 Å². The molecule has 0 saturated heterocycles. The number of unbranched alkanes of at least 4 members (excludes halogenated alkanes) is 2. The molecular weight excluding hydrogens is 214 g/mol. The summed E-state index contributed by atoms with van der Waals surface area (Å²) in [7, 11) is 1.90. The lowest BCUT2D eigenvalue weighted by molar-refractivity contribution is -0.119. The molecular formula is C13H23N3O. The van der Waals surface area contributed by atoms with E-state index in [4.69, 9.17) is 5.73 Å². The van der Waals surface area contributed by atoms with Crippen molar-refractivity contribution in [1.29, 1.82) is 0 Å². The summed E-state index contributed by atoms with van der Waals surface area (Å²) in [5.41, 5.74) is 8.51. The summed E-state index contributed by atoms with van der Waals surface area (Å²) in [6.07, 6.45) is 4.16. The van der Waals surface area contributed by atoms with Crippen LogP contribution in [0.1, 0.15) is 55.5 Å². The lowest BCUT2D eigenvalue weighted by Gasteiger charge is -2.14. The van der Waals surface area contributed by atoms with Crippen molar-refractivity contribution in [3.63, 3.8) is 0 Å². The van der Waals surface area contributed by atoms with Crippen LogP contribution in [0.5, 0.6) is 0 Å².